The van der Waals surface area contributed by atoms with Gasteiger partial charge in [0, 0.05) is 23.7 Å². The molecule has 1 N–H and O–H groups in total. The summed E-state index contributed by atoms with van der Waals surface area (Å²) in [5, 5.41) is 3.84. The van der Waals surface area contributed by atoms with Crippen LogP contribution in [-0.2, 0) is 6.42 Å². The first-order valence-electron chi connectivity index (χ1n) is 5.08. The zero-order valence-electron chi connectivity index (χ0n) is 9.27. The first kappa shape index (κ1) is 13.4. The molecule has 0 aliphatic heterocycles. The Morgan fingerprint density at radius 3 is 2.69 bits per heavy atom. The number of aryl methyl sites for hydroxylation is 1. The van der Waals surface area contributed by atoms with Crippen LogP contribution in [0.25, 0.3) is 0 Å². The van der Waals surface area contributed by atoms with E-state index in [0.29, 0.717) is 6.54 Å². The number of rotatable bonds is 5. The highest BCUT2D eigenvalue weighted by Crippen LogP contribution is 2.21. The Hall–Kier alpha value is -0.620. The van der Waals surface area contributed by atoms with Gasteiger partial charge < -0.3 is 5.32 Å². The summed E-state index contributed by atoms with van der Waals surface area (Å²) in [5.74, 6) is 0. The predicted octanol–water partition coefficient (Wildman–Crippen LogP) is 2.92. The molecule has 1 heterocycles. The minimum atomic E-state index is -4.09. The van der Waals surface area contributed by atoms with E-state index >= 15 is 0 Å². The fourth-order valence-electron chi connectivity index (χ4n) is 1.38. The molecule has 0 saturated carbocycles. The maximum atomic E-state index is 12.0. The summed E-state index contributed by atoms with van der Waals surface area (Å²) in [7, 11) is 0. The van der Waals surface area contributed by atoms with Crippen LogP contribution in [-0.4, -0.2) is 23.7 Å². The molecule has 0 radical (unpaired) electrons. The van der Waals surface area contributed by atoms with E-state index in [2.05, 4.69) is 10.3 Å². The van der Waals surface area contributed by atoms with Crippen molar-refractivity contribution in [1.29, 1.82) is 0 Å². The minimum absolute atomic E-state index is 0.533. The van der Waals surface area contributed by atoms with E-state index in [-0.39, 0.29) is 0 Å². The van der Waals surface area contributed by atoms with Crippen LogP contribution in [0.3, 0.4) is 0 Å². The molecule has 0 saturated heterocycles. The predicted molar refractivity (Wildman–Crippen MR) is 58.7 cm³/mol. The van der Waals surface area contributed by atoms with Crippen LogP contribution < -0.4 is 5.32 Å². The molecular formula is C10H15F3N2S. The largest absolute Gasteiger partial charge is 0.390 e. The van der Waals surface area contributed by atoms with Gasteiger partial charge in [0.2, 0.25) is 0 Å². The normalized spacial score (nSPS) is 14.1. The second-order valence-corrected chi connectivity index (χ2v) is 5.09. The van der Waals surface area contributed by atoms with Crippen molar-refractivity contribution in [3.8, 4) is 0 Å². The second kappa shape index (κ2) is 5.63. The third kappa shape index (κ3) is 5.46. The SMILES string of the molecule is Cc1ncc(CCNC(C)CC(F)(F)F)s1. The van der Waals surface area contributed by atoms with Crippen molar-refractivity contribution in [3.63, 3.8) is 0 Å². The van der Waals surface area contributed by atoms with Gasteiger partial charge in [0.1, 0.15) is 0 Å². The van der Waals surface area contributed by atoms with E-state index in [1.54, 1.807) is 24.5 Å². The first-order chi connectivity index (χ1) is 7.37. The average Bonchev–Trinajstić information content (AvgIpc) is 2.48. The molecule has 0 aliphatic carbocycles. The van der Waals surface area contributed by atoms with Gasteiger partial charge >= 0.3 is 6.18 Å². The van der Waals surface area contributed by atoms with Gasteiger partial charge in [0.25, 0.3) is 0 Å². The molecule has 0 amide bonds. The molecular weight excluding hydrogens is 237 g/mol. The second-order valence-electron chi connectivity index (χ2n) is 3.77. The summed E-state index contributed by atoms with van der Waals surface area (Å²) in [5.41, 5.74) is 0. The van der Waals surface area contributed by atoms with Crippen molar-refractivity contribution in [3.05, 3.63) is 16.1 Å². The van der Waals surface area contributed by atoms with Crippen LogP contribution in [0.5, 0.6) is 0 Å². The molecule has 6 heteroatoms. The Morgan fingerprint density at radius 2 is 2.19 bits per heavy atom. The molecule has 0 aromatic carbocycles. The molecule has 0 bridgehead atoms. The van der Waals surface area contributed by atoms with Crippen molar-refractivity contribution in [2.24, 2.45) is 0 Å². The van der Waals surface area contributed by atoms with Crippen molar-refractivity contribution in [1.82, 2.24) is 10.3 Å². The van der Waals surface area contributed by atoms with Gasteiger partial charge in [-0.05, 0) is 20.3 Å². The van der Waals surface area contributed by atoms with Gasteiger partial charge in [-0.3, -0.25) is 0 Å². The molecule has 0 fully saturated rings. The van der Waals surface area contributed by atoms with Gasteiger partial charge in [-0.2, -0.15) is 13.2 Å². The molecule has 1 aromatic heterocycles. The molecule has 1 atom stereocenters. The lowest BCUT2D eigenvalue weighted by Gasteiger charge is -2.15. The highest BCUT2D eigenvalue weighted by Gasteiger charge is 2.29. The maximum Gasteiger partial charge on any atom is 0.390 e. The van der Waals surface area contributed by atoms with Crippen LogP contribution in [0.15, 0.2) is 6.20 Å². The Bertz CT molecular complexity index is 322. The van der Waals surface area contributed by atoms with E-state index in [1.165, 1.54) is 0 Å². The summed E-state index contributed by atoms with van der Waals surface area (Å²) >= 11 is 1.58. The molecule has 2 nitrogen and oxygen atoms in total. The van der Waals surface area contributed by atoms with Crippen molar-refractivity contribution in [2.75, 3.05) is 6.54 Å². The van der Waals surface area contributed by atoms with E-state index in [9.17, 15) is 13.2 Å². The van der Waals surface area contributed by atoms with Gasteiger partial charge in [0.05, 0.1) is 11.4 Å². The van der Waals surface area contributed by atoms with Crippen molar-refractivity contribution < 1.29 is 13.2 Å². The van der Waals surface area contributed by atoms with Gasteiger partial charge in [-0.1, -0.05) is 0 Å². The average molecular weight is 252 g/mol. The summed E-state index contributed by atoms with van der Waals surface area (Å²) in [6.45, 7) is 4.01. The van der Waals surface area contributed by atoms with E-state index < -0.39 is 18.6 Å². The maximum absolute atomic E-state index is 12.0. The number of thiazole rings is 1. The summed E-state index contributed by atoms with van der Waals surface area (Å²) in [6.07, 6.45) is -2.37. The highest BCUT2D eigenvalue weighted by atomic mass is 32.1. The molecule has 0 spiro atoms. The zero-order valence-corrected chi connectivity index (χ0v) is 10.1. The third-order valence-corrected chi connectivity index (χ3v) is 3.04. The lowest BCUT2D eigenvalue weighted by atomic mass is 10.2. The molecule has 1 unspecified atom stereocenters. The minimum Gasteiger partial charge on any atom is -0.314 e. The lowest BCUT2D eigenvalue weighted by molar-refractivity contribution is -0.138. The fourth-order valence-corrected chi connectivity index (χ4v) is 2.18. The number of nitrogens with one attached hydrogen (secondary N) is 1. The summed E-state index contributed by atoms with van der Waals surface area (Å²) in [6, 6.07) is -0.533. The monoisotopic (exact) mass is 252 g/mol. The number of hydrogen-bond donors (Lipinski definition) is 1. The van der Waals surface area contributed by atoms with Crippen LogP contribution in [0, 0.1) is 6.92 Å². The molecule has 1 aromatic rings. The van der Waals surface area contributed by atoms with Crippen LogP contribution in [0.4, 0.5) is 13.2 Å². The van der Waals surface area contributed by atoms with Crippen molar-refractivity contribution in [2.45, 2.75) is 38.9 Å². The molecule has 1 rings (SSSR count). The smallest absolute Gasteiger partial charge is 0.314 e. The molecule has 92 valence electrons. The van der Waals surface area contributed by atoms with E-state index in [1.807, 2.05) is 6.92 Å². The van der Waals surface area contributed by atoms with Gasteiger partial charge in [-0.25, -0.2) is 4.98 Å². The fraction of sp³-hybridized carbons (Fsp3) is 0.700. The zero-order chi connectivity index (χ0) is 12.2. The number of alkyl halides is 3. The number of nitrogens with zero attached hydrogens (tertiary/aromatic N) is 1. The number of hydrogen-bond acceptors (Lipinski definition) is 3. The Kier molecular flexibility index (Phi) is 4.73. The molecule has 0 aliphatic rings. The quantitative estimate of drug-likeness (QED) is 0.871. The Labute approximate surface area is 96.9 Å². The lowest BCUT2D eigenvalue weighted by Crippen LogP contribution is -2.32. The number of aromatic nitrogens is 1. The summed E-state index contributed by atoms with van der Waals surface area (Å²) < 4.78 is 36.0. The summed E-state index contributed by atoms with van der Waals surface area (Å²) in [4.78, 5) is 5.19. The standard InChI is InChI=1S/C10H15F3N2S/c1-7(5-10(11,12)13)14-4-3-9-6-15-8(2)16-9/h6-7,14H,3-5H2,1-2H3. The van der Waals surface area contributed by atoms with E-state index in [0.717, 1.165) is 16.3 Å². The Morgan fingerprint density at radius 1 is 1.50 bits per heavy atom. The molecule has 16 heavy (non-hydrogen) atoms. The van der Waals surface area contributed by atoms with Gasteiger partial charge in [-0.15, -0.1) is 11.3 Å². The highest BCUT2D eigenvalue weighted by molar-refractivity contribution is 7.11. The van der Waals surface area contributed by atoms with Crippen LogP contribution in [0.2, 0.25) is 0 Å². The van der Waals surface area contributed by atoms with Crippen molar-refractivity contribution >= 4 is 11.3 Å². The Balaban J connectivity index is 2.20. The van der Waals surface area contributed by atoms with Crippen LogP contribution in [0.1, 0.15) is 23.2 Å². The third-order valence-electron chi connectivity index (χ3n) is 2.07. The van der Waals surface area contributed by atoms with E-state index in [4.69, 9.17) is 0 Å². The van der Waals surface area contributed by atoms with Gasteiger partial charge in [0.15, 0.2) is 0 Å². The first-order valence-corrected chi connectivity index (χ1v) is 5.90. The topological polar surface area (TPSA) is 24.9 Å². The number of halogens is 3. The van der Waals surface area contributed by atoms with Crippen LogP contribution >= 0.6 is 11.3 Å².